The van der Waals surface area contributed by atoms with E-state index in [1.807, 2.05) is 19.2 Å². The lowest BCUT2D eigenvalue weighted by Gasteiger charge is -2.20. The summed E-state index contributed by atoms with van der Waals surface area (Å²) in [7, 11) is 1.96. The van der Waals surface area contributed by atoms with Gasteiger partial charge in [0, 0.05) is 13.1 Å². The number of benzene rings is 1. The van der Waals surface area contributed by atoms with Crippen molar-refractivity contribution in [3.63, 3.8) is 0 Å². The van der Waals surface area contributed by atoms with Crippen molar-refractivity contribution in [2.75, 3.05) is 13.6 Å². The zero-order chi connectivity index (χ0) is 12.8. The van der Waals surface area contributed by atoms with Gasteiger partial charge in [0.15, 0.2) is 0 Å². The van der Waals surface area contributed by atoms with Gasteiger partial charge in [0.25, 0.3) is 0 Å². The van der Waals surface area contributed by atoms with E-state index in [1.165, 1.54) is 11.1 Å². The first-order valence-corrected chi connectivity index (χ1v) is 6.02. The summed E-state index contributed by atoms with van der Waals surface area (Å²) in [4.78, 5) is 12.8. The van der Waals surface area contributed by atoms with Crippen LogP contribution in [0.2, 0.25) is 0 Å². The minimum Gasteiger partial charge on any atom is -0.481 e. The Morgan fingerprint density at radius 2 is 1.94 bits per heavy atom. The zero-order valence-electron chi connectivity index (χ0n) is 10.8. The first-order chi connectivity index (χ1) is 8.04. The molecule has 1 rings (SSSR count). The van der Waals surface area contributed by atoms with E-state index >= 15 is 0 Å². The van der Waals surface area contributed by atoms with Crippen molar-refractivity contribution in [3.05, 3.63) is 35.4 Å². The van der Waals surface area contributed by atoms with Crippen LogP contribution in [0.25, 0.3) is 0 Å². The fraction of sp³-hybridized carbons (Fsp3) is 0.500. The lowest BCUT2D eigenvalue weighted by atomic mass is 10.0. The second kappa shape index (κ2) is 6.40. The number of carboxylic acids is 1. The highest BCUT2D eigenvalue weighted by Gasteiger charge is 2.14. The van der Waals surface area contributed by atoms with Crippen LogP contribution in [0.4, 0.5) is 0 Å². The fourth-order valence-electron chi connectivity index (χ4n) is 1.96. The quantitative estimate of drug-likeness (QED) is 0.823. The predicted octanol–water partition coefficient (Wildman–Crippen LogP) is 2.40. The van der Waals surface area contributed by atoms with E-state index in [9.17, 15) is 4.79 Å². The molecule has 0 spiro atoms. The Kier molecular flexibility index (Phi) is 5.16. The molecule has 0 radical (unpaired) electrons. The van der Waals surface area contributed by atoms with Crippen LogP contribution < -0.4 is 0 Å². The maximum atomic E-state index is 10.8. The summed E-state index contributed by atoms with van der Waals surface area (Å²) >= 11 is 0. The van der Waals surface area contributed by atoms with Crippen molar-refractivity contribution in [2.45, 2.75) is 26.8 Å². The molecule has 1 unspecified atom stereocenters. The second-order valence-electron chi connectivity index (χ2n) is 4.56. The van der Waals surface area contributed by atoms with E-state index in [-0.39, 0.29) is 5.92 Å². The molecule has 0 amide bonds. The molecular formula is C14H21NO2. The number of hydrogen-bond acceptors (Lipinski definition) is 2. The molecule has 1 N–H and O–H groups in total. The molecular weight excluding hydrogens is 214 g/mol. The molecule has 0 aliphatic heterocycles. The molecule has 3 nitrogen and oxygen atoms in total. The summed E-state index contributed by atoms with van der Waals surface area (Å²) in [6.45, 7) is 5.26. The van der Waals surface area contributed by atoms with E-state index in [4.69, 9.17) is 5.11 Å². The number of hydrogen-bond donors (Lipinski definition) is 1. The highest BCUT2D eigenvalue weighted by Crippen LogP contribution is 2.12. The smallest absolute Gasteiger partial charge is 0.307 e. The number of aryl methyl sites for hydroxylation is 1. The third-order valence-electron chi connectivity index (χ3n) is 2.95. The van der Waals surface area contributed by atoms with Gasteiger partial charge in [0.1, 0.15) is 0 Å². The van der Waals surface area contributed by atoms with Crippen molar-refractivity contribution in [3.8, 4) is 0 Å². The van der Waals surface area contributed by atoms with E-state index < -0.39 is 5.97 Å². The van der Waals surface area contributed by atoms with Gasteiger partial charge in [-0.3, -0.25) is 4.79 Å². The number of rotatable bonds is 6. The Hall–Kier alpha value is -1.35. The molecule has 0 saturated carbocycles. The normalized spacial score (nSPS) is 12.7. The van der Waals surface area contributed by atoms with E-state index in [0.717, 1.165) is 13.0 Å². The van der Waals surface area contributed by atoms with Gasteiger partial charge < -0.3 is 10.0 Å². The second-order valence-corrected chi connectivity index (χ2v) is 4.56. The Morgan fingerprint density at radius 3 is 2.47 bits per heavy atom. The monoisotopic (exact) mass is 235 g/mol. The van der Waals surface area contributed by atoms with Gasteiger partial charge in [-0.25, -0.2) is 0 Å². The van der Waals surface area contributed by atoms with Gasteiger partial charge in [-0.2, -0.15) is 0 Å². The van der Waals surface area contributed by atoms with Crippen molar-refractivity contribution in [1.29, 1.82) is 0 Å². The first-order valence-electron chi connectivity index (χ1n) is 6.02. The molecule has 1 aromatic carbocycles. The Labute approximate surface area is 103 Å². The lowest BCUT2D eigenvalue weighted by Crippen LogP contribution is -2.28. The summed E-state index contributed by atoms with van der Waals surface area (Å²) in [6.07, 6.45) is 1.01. The Balaban J connectivity index is 2.61. The van der Waals surface area contributed by atoms with Gasteiger partial charge in [-0.05, 0) is 24.6 Å². The molecule has 0 bridgehead atoms. The summed E-state index contributed by atoms with van der Waals surface area (Å²) in [5, 5.41) is 8.87. The van der Waals surface area contributed by atoms with Crippen LogP contribution in [0, 0.1) is 5.92 Å². The third-order valence-corrected chi connectivity index (χ3v) is 2.95. The molecule has 1 atom stereocenters. The Morgan fingerprint density at radius 1 is 1.35 bits per heavy atom. The topological polar surface area (TPSA) is 40.5 Å². The predicted molar refractivity (Wildman–Crippen MR) is 69.0 cm³/mol. The van der Waals surface area contributed by atoms with E-state index in [2.05, 4.69) is 24.0 Å². The van der Waals surface area contributed by atoms with Gasteiger partial charge in [0.05, 0.1) is 5.92 Å². The van der Waals surface area contributed by atoms with Crippen LogP contribution in [0.15, 0.2) is 24.3 Å². The van der Waals surface area contributed by atoms with Crippen molar-refractivity contribution in [1.82, 2.24) is 4.90 Å². The molecule has 1 aromatic rings. The number of nitrogens with zero attached hydrogens (tertiary/aromatic N) is 1. The van der Waals surface area contributed by atoms with Crippen LogP contribution in [0.1, 0.15) is 25.0 Å². The largest absolute Gasteiger partial charge is 0.481 e. The molecule has 0 fully saturated rings. The highest BCUT2D eigenvalue weighted by molar-refractivity contribution is 5.69. The molecule has 17 heavy (non-hydrogen) atoms. The maximum Gasteiger partial charge on any atom is 0.307 e. The third kappa shape index (κ3) is 4.19. The van der Waals surface area contributed by atoms with Gasteiger partial charge in [-0.15, -0.1) is 0 Å². The summed E-state index contributed by atoms with van der Waals surface area (Å²) < 4.78 is 0. The molecule has 3 heteroatoms. The highest BCUT2D eigenvalue weighted by atomic mass is 16.4. The Bertz CT molecular complexity index is 376. The van der Waals surface area contributed by atoms with E-state index in [1.54, 1.807) is 6.92 Å². The van der Waals surface area contributed by atoms with Crippen molar-refractivity contribution in [2.24, 2.45) is 5.92 Å². The number of carboxylic acid groups (broad SMARTS) is 1. The van der Waals surface area contributed by atoms with Gasteiger partial charge in [-0.1, -0.05) is 38.1 Å². The van der Waals surface area contributed by atoms with Crippen LogP contribution in [-0.2, 0) is 17.8 Å². The van der Waals surface area contributed by atoms with Crippen LogP contribution >= 0.6 is 0 Å². The molecule has 0 aliphatic carbocycles. The zero-order valence-corrected chi connectivity index (χ0v) is 10.8. The standard InChI is InChI=1S/C14H21NO2/c1-4-12-7-5-6-8-13(12)10-15(3)9-11(2)14(16)17/h5-8,11H,4,9-10H2,1-3H3,(H,16,17). The average Bonchev–Trinajstić information content (AvgIpc) is 2.29. The summed E-state index contributed by atoms with van der Waals surface area (Å²) in [6, 6.07) is 8.32. The van der Waals surface area contributed by atoms with E-state index in [0.29, 0.717) is 6.54 Å². The van der Waals surface area contributed by atoms with Crippen LogP contribution in [0.5, 0.6) is 0 Å². The summed E-state index contributed by atoms with van der Waals surface area (Å²) in [5.41, 5.74) is 2.62. The molecule has 0 aliphatic rings. The molecule has 0 heterocycles. The first kappa shape index (κ1) is 13.7. The van der Waals surface area contributed by atoms with Crippen LogP contribution in [-0.4, -0.2) is 29.6 Å². The van der Waals surface area contributed by atoms with Gasteiger partial charge >= 0.3 is 5.97 Å². The van der Waals surface area contributed by atoms with Gasteiger partial charge in [0.2, 0.25) is 0 Å². The fourth-order valence-corrected chi connectivity index (χ4v) is 1.96. The lowest BCUT2D eigenvalue weighted by molar-refractivity contribution is -0.141. The molecule has 94 valence electrons. The average molecular weight is 235 g/mol. The maximum absolute atomic E-state index is 10.8. The minimum atomic E-state index is -0.736. The SMILES string of the molecule is CCc1ccccc1CN(C)CC(C)C(=O)O. The number of aliphatic carboxylic acids is 1. The number of carbonyl (C=O) groups is 1. The molecule has 0 aromatic heterocycles. The van der Waals surface area contributed by atoms with Crippen molar-refractivity contribution < 1.29 is 9.90 Å². The summed E-state index contributed by atoms with van der Waals surface area (Å²) in [5.74, 6) is -1.06. The van der Waals surface area contributed by atoms with Crippen molar-refractivity contribution >= 4 is 5.97 Å². The van der Waals surface area contributed by atoms with Crippen LogP contribution in [0.3, 0.4) is 0 Å². The minimum absolute atomic E-state index is 0.325. The molecule has 0 saturated heterocycles.